The van der Waals surface area contributed by atoms with Gasteiger partial charge in [-0.05, 0) is 57.0 Å². The zero-order valence-electron chi connectivity index (χ0n) is 17.4. The molecule has 2 amide bonds. The summed E-state index contributed by atoms with van der Waals surface area (Å²) >= 11 is 3.38. The number of nitrogens with one attached hydrogen (secondary N) is 1. The molecule has 0 saturated carbocycles. The molecule has 0 spiro atoms. The molecule has 0 heterocycles. The second-order valence-corrected chi connectivity index (χ2v) is 8.83. The van der Waals surface area contributed by atoms with Gasteiger partial charge in [0.25, 0.3) is 5.91 Å². The van der Waals surface area contributed by atoms with E-state index in [1.807, 2.05) is 70.2 Å². The molecule has 0 saturated heterocycles. The number of carbonyl (C=O) groups excluding carboxylic acids is 2. The molecular formula is C23H29BrN2O3. The number of ether oxygens (including phenoxy) is 1. The van der Waals surface area contributed by atoms with Crippen LogP contribution in [-0.2, 0) is 16.1 Å². The first-order valence-corrected chi connectivity index (χ1v) is 10.5. The topological polar surface area (TPSA) is 58.6 Å². The van der Waals surface area contributed by atoms with Crippen LogP contribution < -0.4 is 10.1 Å². The monoisotopic (exact) mass is 460 g/mol. The van der Waals surface area contributed by atoms with Gasteiger partial charge in [0.2, 0.25) is 5.91 Å². The summed E-state index contributed by atoms with van der Waals surface area (Å²) in [6.07, 6.45) is 0.513. The molecule has 0 fully saturated rings. The van der Waals surface area contributed by atoms with Crippen LogP contribution in [0.4, 0.5) is 0 Å². The summed E-state index contributed by atoms with van der Waals surface area (Å²) in [6, 6.07) is 16.4. The number of carbonyl (C=O) groups is 2. The van der Waals surface area contributed by atoms with E-state index < -0.39 is 6.04 Å². The predicted molar refractivity (Wildman–Crippen MR) is 119 cm³/mol. The Bertz CT molecular complexity index is 801. The minimum absolute atomic E-state index is 0.131. The summed E-state index contributed by atoms with van der Waals surface area (Å²) in [5.41, 5.74) is 0.589. The molecule has 0 aliphatic rings. The van der Waals surface area contributed by atoms with Crippen LogP contribution in [-0.4, -0.2) is 34.9 Å². The quantitative estimate of drug-likeness (QED) is 0.628. The molecule has 2 aromatic rings. The fourth-order valence-corrected chi connectivity index (χ4v) is 3.18. The van der Waals surface area contributed by atoms with Crippen molar-refractivity contribution >= 4 is 27.7 Å². The largest absolute Gasteiger partial charge is 0.484 e. The van der Waals surface area contributed by atoms with Crippen LogP contribution >= 0.6 is 15.9 Å². The van der Waals surface area contributed by atoms with Crippen molar-refractivity contribution < 1.29 is 14.3 Å². The lowest BCUT2D eigenvalue weighted by Crippen LogP contribution is -2.54. The molecule has 29 heavy (non-hydrogen) atoms. The average Bonchev–Trinajstić information content (AvgIpc) is 2.66. The van der Waals surface area contributed by atoms with E-state index in [1.54, 1.807) is 17.0 Å². The lowest BCUT2D eigenvalue weighted by atomic mass is 10.1. The molecule has 0 bridgehead atoms. The number of nitrogens with zero attached hydrogens (tertiary/aromatic N) is 1. The SMILES string of the molecule is CCC(C(=O)NC(C)(C)C)N(Cc1ccccc1)C(=O)COc1ccc(Br)cc1. The van der Waals surface area contributed by atoms with E-state index in [1.165, 1.54) is 0 Å². The van der Waals surface area contributed by atoms with Gasteiger partial charge < -0.3 is 15.0 Å². The van der Waals surface area contributed by atoms with Crippen molar-refractivity contribution in [3.63, 3.8) is 0 Å². The van der Waals surface area contributed by atoms with E-state index in [0.29, 0.717) is 18.7 Å². The van der Waals surface area contributed by atoms with Crippen molar-refractivity contribution in [1.29, 1.82) is 0 Å². The number of hydrogen-bond donors (Lipinski definition) is 1. The number of halogens is 1. The van der Waals surface area contributed by atoms with E-state index in [2.05, 4.69) is 21.2 Å². The van der Waals surface area contributed by atoms with Gasteiger partial charge >= 0.3 is 0 Å². The highest BCUT2D eigenvalue weighted by Gasteiger charge is 2.30. The van der Waals surface area contributed by atoms with Crippen molar-refractivity contribution in [3.8, 4) is 5.75 Å². The number of rotatable bonds is 8. The Balaban J connectivity index is 2.19. The van der Waals surface area contributed by atoms with Gasteiger partial charge in [0, 0.05) is 16.6 Å². The van der Waals surface area contributed by atoms with Gasteiger partial charge in [-0.3, -0.25) is 9.59 Å². The summed E-state index contributed by atoms with van der Waals surface area (Å²) in [7, 11) is 0. The number of amides is 2. The molecule has 0 aromatic heterocycles. The van der Waals surface area contributed by atoms with E-state index in [9.17, 15) is 9.59 Å². The molecule has 0 aliphatic heterocycles. The first-order chi connectivity index (χ1) is 13.7. The lowest BCUT2D eigenvalue weighted by Gasteiger charge is -2.33. The Morgan fingerprint density at radius 1 is 1.07 bits per heavy atom. The summed E-state index contributed by atoms with van der Waals surface area (Å²) in [4.78, 5) is 27.6. The van der Waals surface area contributed by atoms with Gasteiger partial charge in [-0.15, -0.1) is 0 Å². The minimum Gasteiger partial charge on any atom is -0.484 e. The van der Waals surface area contributed by atoms with Crippen LogP contribution in [0.3, 0.4) is 0 Å². The zero-order valence-corrected chi connectivity index (χ0v) is 19.0. The average molecular weight is 461 g/mol. The fraction of sp³-hybridized carbons (Fsp3) is 0.391. The standard InChI is InChI=1S/C23H29BrN2O3/c1-5-20(22(28)25-23(2,3)4)26(15-17-9-7-6-8-10-17)21(27)16-29-19-13-11-18(24)12-14-19/h6-14,20H,5,15-16H2,1-4H3,(H,25,28). The van der Waals surface area contributed by atoms with Crippen LogP contribution in [0.15, 0.2) is 59.1 Å². The van der Waals surface area contributed by atoms with Gasteiger partial charge in [-0.1, -0.05) is 53.2 Å². The number of hydrogen-bond acceptors (Lipinski definition) is 3. The number of benzene rings is 2. The Morgan fingerprint density at radius 3 is 2.24 bits per heavy atom. The normalized spacial score (nSPS) is 12.2. The fourth-order valence-electron chi connectivity index (χ4n) is 2.91. The second-order valence-electron chi connectivity index (χ2n) is 7.91. The molecule has 0 radical (unpaired) electrons. The lowest BCUT2D eigenvalue weighted by molar-refractivity contribution is -0.143. The Hall–Kier alpha value is -2.34. The van der Waals surface area contributed by atoms with Crippen LogP contribution in [0.1, 0.15) is 39.7 Å². The van der Waals surface area contributed by atoms with Gasteiger partial charge in [-0.2, -0.15) is 0 Å². The highest BCUT2D eigenvalue weighted by Crippen LogP contribution is 2.18. The third-order valence-electron chi connectivity index (χ3n) is 4.26. The summed E-state index contributed by atoms with van der Waals surface area (Å²) in [6.45, 7) is 7.91. The Kier molecular flexibility index (Phi) is 8.26. The predicted octanol–water partition coefficient (Wildman–Crippen LogP) is 4.55. The third-order valence-corrected chi connectivity index (χ3v) is 4.78. The first kappa shape index (κ1) is 22.9. The molecule has 2 aromatic carbocycles. The Morgan fingerprint density at radius 2 is 1.69 bits per heavy atom. The first-order valence-electron chi connectivity index (χ1n) is 9.73. The second kappa shape index (κ2) is 10.4. The molecule has 2 rings (SSSR count). The maximum atomic E-state index is 13.1. The Labute approximate surface area is 181 Å². The third kappa shape index (κ3) is 7.54. The molecule has 1 unspecified atom stereocenters. The maximum Gasteiger partial charge on any atom is 0.261 e. The summed E-state index contributed by atoms with van der Waals surface area (Å²) < 4.78 is 6.61. The molecule has 1 atom stereocenters. The molecule has 5 nitrogen and oxygen atoms in total. The minimum atomic E-state index is -0.574. The summed E-state index contributed by atoms with van der Waals surface area (Å²) in [5.74, 6) is 0.217. The summed E-state index contributed by atoms with van der Waals surface area (Å²) in [5, 5.41) is 2.99. The smallest absolute Gasteiger partial charge is 0.261 e. The van der Waals surface area contributed by atoms with Crippen molar-refractivity contribution in [2.24, 2.45) is 0 Å². The van der Waals surface area contributed by atoms with E-state index in [4.69, 9.17) is 4.74 Å². The van der Waals surface area contributed by atoms with Crippen LogP contribution in [0.2, 0.25) is 0 Å². The molecule has 1 N–H and O–H groups in total. The molecule has 156 valence electrons. The molecule has 6 heteroatoms. The van der Waals surface area contributed by atoms with E-state index >= 15 is 0 Å². The maximum absolute atomic E-state index is 13.1. The molecular weight excluding hydrogens is 432 g/mol. The van der Waals surface area contributed by atoms with Gasteiger partial charge in [0.15, 0.2) is 6.61 Å². The van der Waals surface area contributed by atoms with Gasteiger partial charge in [-0.25, -0.2) is 0 Å². The van der Waals surface area contributed by atoms with Crippen LogP contribution in [0.25, 0.3) is 0 Å². The van der Waals surface area contributed by atoms with Crippen LogP contribution in [0.5, 0.6) is 5.75 Å². The van der Waals surface area contributed by atoms with Crippen molar-refractivity contribution in [2.45, 2.75) is 52.2 Å². The van der Waals surface area contributed by atoms with Crippen molar-refractivity contribution in [2.75, 3.05) is 6.61 Å². The van der Waals surface area contributed by atoms with Crippen molar-refractivity contribution in [1.82, 2.24) is 10.2 Å². The van der Waals surface area contributed by atoms with Gasteiger partial charge in [0.05, 0.1) is 0 Å². The highest BCUT2D eigenvalue weighted by atomic mass is 79.9. The molecule has 0 aliphatic carbocycles. The van der Waals surface area contributed by atoms with Crippen molar-refractivity contribution in [3.05, 3.63) is 64.6 Å². The van der Waals surface area contributed by atoms with E-state index in [-0.39, 0.29) is 24.0 Å². The van der Waals surface area contributed by atoms with Gasteiger partial charge in [0.1, 0.15) is 11.8 Å². The van der Waals surface area contributed by atoms with Crippen LogP contribution in [0, 0.1) is 0 Å². The zero-order chi connectivity index (χ0) is 21.4. The highest BCUT2D eigenvalue weighted by molar-refractivity contribution is 9.10. The van der Waals surface area contributed by atoms with E-state index in [0.717, 1.165) is 10.0 Å².